The van der Waals surface area contributed by atoms with Gasteiger partial charge in [0.1, 0.15) is 5.82 Å². The van der Waals surface area contributed by atoms with Gasteiger partial charge in [0.15, 0.2) is 0 Å². The van der Waals surface area contributed by atoms with Crippen molar-refractivity contribution in [3.63, 3.8) is 0 Å². The summed E-state index contributed by atoms with van der Waals surface area (Å²) in [6.45, 7) is 0.568. The highest BCUT2D eigenvalue weighted by Crippen LogP contribution is 2.31. The third-order valence-electron chi connectivity index (χ3n) is 3.19. The normalized spacial score (nSPS) is 18.3. The van der Waals surface area contributed by atoms with Crippen LogP contribution in [0.2, 0.25) is 0 Å². The summed E-state index contributed by atoms with van der Waals surface area (Å²) < 4.78 is 13.4. The fraction of sp³-hybridized carbons (Fsp3) is 0.500. The number of nitrogens with two attached hydrogens (primary N) is 1. The lowest BCUT2D eigenvalue weighted by molar-refractivity contribution is 0.277. The second-order valence-corrected chi connectivity index (χ2v) is 4.16. The molecule has 0 amide bonds. The second-order valence-electron chi connectivity index (χ2n) is 4.16. The summed E-state index contributed by atoms with van der Waals surface area (Å²) in [7, 11) is 0. The molecular formula is C12H17FN2. The maximum atomic E-state index is 13.4. The van der Waals surface area contributed by atoms with E-state index >= 15 is 0 Å². The van der Waals surface area contributed by atoms with Gasteiger partial charge in [-0.1, -0.05) is 18.6 Å². The van der Waals surface area contributed by atoms with Gasteiger partial charge in [0, 0.05) is 12.6 Å². The van der Waals surface area contributed by atoms with Crippen LogP contribution in [-0.2, 0) is 0 Å². The molecule has 0 aliphatic heterocycles. The first-order valence-electron chi connectivity index (χ1n) is 5.52. The Morgan fingerprint density at radius 2 is 2.13 bits per heavy atom. The van der Waals surface area contributed by atoms with Crippen molar-refractivity contribution >= 4 is 5.69 Å². The molecule has 0 heterocycles. The number of benzene rings is 1. The first kappa shape index (κ1) is 10.4. The highest BCUT2D eigenvalue weighted by Gasteiger charge is 2.26. The van der Waals surface area contributed by atoms with Crippen molar-refractivity contribution in [1.29, 1.82) is 0 Å². The van der Waals surface area contributed by atoms with Crippen LogP contribution in [0, 0.1) is 11.7 Å². The molecule has 1 aliphatic carbocycles. The molecule has 0 saturated heterocycles. The Morgan fingerprint density at radius 3 is 2.67 bits per heavy atom. The molecule has 1 unspecified atom stereocenters. The highest BCUT2D eigenvalue weighted by atomic mass is 19.1. The Kier molecular flexibility index (Phi) is 3.21. The van der Waals surface area contributed by atoms with Crippen molar-refractivity contribution < 1.29 is 4.39 Å². The molecule has 1 aliphatic rings. The SMILES string of the molecule is NCC(Nc1ccccc1F)C1CCC1. The third-order valence-corrected chi connectivity index (χ3v) is 3.19. The van der Waals surface area contributed by atoms with Crippen LogP contribution in [0.5, 0.6) is 0 Å². The van der Waals surface area contributed by atoms with Gasteiger partial charge in [-0.15, -0.1) is 0 Å². The molecule has 1 aromatic carbocycles. The van der Waals surface area contributed by atoms with Gasteiger partial charge in [-0.05, 0) is 30.9 Å². The number of para-hydroxylation sites is 1. The van der Waals surface area contributed by atoms with Crippen molar-refractivity contribution in [1.82, 2.24) is 0 Å². The van der Waals surface area contributed by atoms with Crippen LogP contribution in [0.1, 0.15) is 19.3 Å². The smallest absolute Gasteiger partial charge is 0.146 e. The molecular weight excluding hydrogens is 191 g/mol. The first-order valence-corrected chi connectivity index (χ1v) is 5.52. The van der Waals surface area contributed by atoms with Gasteiger partial charge in [-0.3, -0.25) is 0 Å². The van der Waals surface area contributed by atoms with Gasteiger partial charge in [0.25, 0.3) is 0 Å². The van der Waals surface area contributed by atoms with Crippen LogP contribution >= 0.6 is 0 Å². The lowest BCUT2D eigenvalue weighted by atomic mass is 9.79. The first-order chi connectivity index (χ1) is 7.31. The van der Waals surface area contributed by atoms with Crippen molar-refractivity contribution in [2.75, 3.05) is 11.9 Å². The number of hydrogen-bond donors (Lipinski definition) is 2. The molecule has 2 nitrogen and oxygen atoms in total. The largest absolute Gasteiger partial charge is 0.378 e. The Labute approximate surface area is 89.7 Å². The molecule has 1 atom stereocenters. The topological polar surface area (TPSA) is 38.0 Å². The molecule has 3 N–H and O–H groups in total. The Morgan fingerprint density at radius 1 is 1.40 bits per heavy atom. The highest BCUT2D eigenvalue weighted by molar-refractivity contribution is 5.45. The third kappa shape index (κ3) is 2.29. The van der Waals surface area contributed by atoms with Crippen LogP contribution < -0.4 is 11.1 Å². The van der Waals surface area contributed by atoms with E-state index in [1.165, 1.54) is 25.3 Å². The molecule has 0 radical (unpaired) electrons. The zero-order chi connectivity index (χ0) is 10.7. The van der Waals surface area contributed by atoms with Crippen LogP contribution in [0.15, 0.2) is 24.3 Å². The lowest BCUT2D eigenvalue weighted by Gasteiger charge is -2.34. The molecule has 1 aromatic rings. The summed E-state index contributed by atoms with van der Waals surface area (Å²) in [5.41, 5.74) is 6.27. The maximum absolute atomic E-state index is 13.4. The number of halogens is 1. The summed E-state index contributed by atoms with van der Waals surface area (Å²) in [5.74, 6) is 0.421. The van der Waals surface area contributed by atoms with Crippen molar-refractivity contribution in [2.24, 2.45) is 11.7 Å². The van der Waals surface area contributed by atoms with Gasteiger partial charge >= 0.3 is 0 Å². The van der Waals surface area contributed by atoms with E-state index < -0.39 is 0 Å². The molecule has 3 heteroatoms. The summed E-state index contributed by atoms with van der Waals surface area (Å²) in [4.78, 5) is 0. The molecule has 0 aromatic heterocycles. The monoisotopic (exact) mass is 208 g/mol. The minimum absolute atomic E-state index is 0.199. The zero-order valence-electron chi connectivity index (χ0n) is 8.75. The zero-order valence-corrected chi connectivity index (χ0v) is 8.75. The van der Waals surface area contributed by atoms with Gasteiger partial charge in [0.05, 0.1) is 5.69 Å². The predicted molar refractivity (Wildman–Crippen MR) is 60.2 cm³/mol. The van der Waals surface area contributed by atoms with Crippen LogP contribution in [0.4, 0.5) is 10.1 Å². The van der Waals surface area contributed by atoms with Crippen LogP contribution in [-0.4, -0.2) is 12.6 Å². The molecule has 0 bridgehead atoms. The lowest BCUT2D eigenvalue weighted by Crippen LogP contribution is -2.39. The molecule has 82 valence electrons. The van der Waals surface area contributed by atoms with Crippen molar-refractivity contribution in [3.05, 3.63) is 30.1 Å². The Bertz CT molecular complexity index is 323. The van der Waals surface area contributed by atoms with Gasteiger partial charge in [-0.2, -0.15) is 0 Å². The van der Waals surface area contributed by atoms with Gasteiger partial charge in [-0.25, -0.2) is 4.39 Å². The van der Waals surface area contributed by atoms with Crippen molar-refractivity contribution in [2.45, 2.75) is 25.3 Å². The summed E-state index contributed by atoms with van der Waals surface area (Å²) in [6.07, 6.45) is 3.70. The molecule has 15 heavy (non-hydrogen) atoms. The van der Waals surface area contributed by atoms with E-state index in [-0.39, 0.29) is 11.9 Å². The van der Waals surface area contributed by atoms with Gasteiger partial charge in [0.2, 0.25) is 0 Å². The standard InChI is InChI=1S/C12H17FN2/c13-10-6-1-2-7-11(10)15-12(8-14)9-4-3-5-9/h1-2,6-7,9,12,15H,3-5,8,14H2. The number of nitrogens with one attached hydrogen (secondary N) is 1. The summed E-state index contributed by atoms with van der Waals surface area (Å²) >= 11 is 0. The molecule has 0 spiro atoms. The van der Waals surface area contributed by atoms with E-state index in [0.717, 1.165) is 0 Å². The van der Waals surface area contributed by atoms with E-state index in [0.29, 0.717) is 18.2 Å². The molecule has 1 fully saturated rings. The van der Waals surface area contributed by atoms with Crippen molar-refractivity contribution in [3.8, 4) is 0 Å². The molecule has 2 rings (SSSR count). The fourth-order valence-electron chi connectivity index (χ4n) is 1.99. The Balaban J connectivity index is 2.02. The van der Waals surface area contributed by atoms with E-state index in [9.17, 15) is 4.39 Å². The average Bonchev–Trinajstić information content (AvgIpc) is 2.17. The summed E-state index contributed by atoms with van der Waals surface area (Å²) in [6, 6.07) is 6.98. The summed E-state index contributed by atoms with van der Waals surface area (Å²) in [5, 5.41) is 3.20. The van der Waals surface area contributed by atoms with E-state index in [1.807, 2.05) is 6.07 Å². The van der Waals surface area contributed by atoms with E-state index in [4.69, 9.17) is 5.73 Å². The maximum Gasteiger partial charge on any atom is 0.146 e. The minimum Gasteiger partial charge on any atom is -0.378 e. The number of anilines is 1. The van der Waals surface area contributed by atoms with E-state index in [2.05, 4.69) is 5.32 Å². The predicted octanol–water partition coefficient (Wildman–Crippen LogP) is 2.37. The minimum atomic E-state index is -0.199. The quantitative estimate of drug-likeness (QED) is 0.797. The molecule has 1 saturated carbocycles. The van der Waals surface area contributed by atoms with Crippen LogP contribution in [0.25, 0.3) is 0 Å². The van der Waals surface area contributed by atoms with Crippen LogP contribution in [0.3, 0.4) is 0 Å². The van der Waals surface area contributed by atoms with E-state index in [1.54, 1.807) is 12.1 Å². The number of rotatable bonds is 4. The Hall–Kier alpha value is -1.09. The average molecular weight is 208 g/mol. The van der Waals surface area contributed by atoms with Gasteiger partial charge < -0.3 is 11.1 Å². The number of hydrogen-bond acceptors (Lipinski definition) is 2. The fourth-order valence-corrected chi connectivity index (χ4v) is 1.99. The second kappa shape index (κ2) is 4.62.